The van der Waals surface area contributed by atoms with Gasteiger partial charge in [-0.25, -0.2) is 9.97 Å². The Morgan fingerprint density at radius 1 is 1.27 bits per heavy atom. The largest absolute Gasteiger partial charge is 0.324 e. The van der Waals surface area contributed by atoms with Crippen LogP contribution >= 0.6 is 0 Å². The Bertz CT molecular complexity index is 675. The minimum Gasteiger partial charge on any atom is -0.324 e. The van der Waals surface area contributed by atoms with Crippen molar-refractivity contribution < 1.29 is 4.79 Å². The van der Waals surface area contributed by atoms with E-state index in [4.69, 9.17) is 5.73 Å². The minimum atomic E-state index is -0.122. The summed E-state index contributed by atoms with van der Waals surface area (Å²) in [5.41, 5.74) is 8.67. The van der Waals surface area contributed by atoms with E-state index in [1.165, 1.54) is 30.4 Å². The zero-order chi connectivity index (χ0) is 15.6. The molecule has 1 heterocycles. The molecule has 4 heteroatoms. The van der Waals surface area contributed by atoms with Gasteiger partial charge in [-0.3, -0.25) is 4.79 Å². The molecule has 0 atom stereocenters. The van der Waals surface area contributed by atoms with Crippen LogP contribution in [0.25, 0.3) is 0 Å². The monoisotopic (exact) mass is 295 g/mol. The maximum atomic E-state index is 11.5. The number of carbonyl (C=O) groups excluding carboxylic acids is 1. The van der Waals surface area contributed by atoms with E-state index in [1.54, 1.807) is 12.4 Å². The van der Waals surface area contributed by atoms with Gasteiger partial charge in [0.25, 0.3) is 0 Å². The quantitative estimate of drug-likeness (QED) is 0.861. The van der Waals surface area contributed by atoms with Gasteiger partial charge in [-0.2, -0.15) is 0 Å². The number of hydrogen-bond donors (Lipinski definition) is 1. The van der Waals surface area contributed by atoms with E-state index in [2.05, 4.69) is 41.2 Å². The Morgan fingerprint density at radius 3 is 2.55 bits per heavy atom. The number of Topliss-reactive ketones (excluding diaryl/α,β-unsaturated/α-hetero) is 1. The van der Waals surface area contributed by atoms with Gasteiger partial charge in [-0.1, -0.05) is 36.2 Å². The van der Waals surface area contributed by atoms with Gasteiger partial charge in [0.15, 0.2) is 5.78 Å². The van der Waals surface area contributed by atoms with E-state index in [0.717, 1.165) is 12.2 Å². The van der Waals surface area contributed by atoms with Crippen molar-refractivity contribution in [2.45, 2.75) is 38.0 Å². The third-order valence-electron chi connectivity index (χ3n) is 4.65. The van der Waals surface area contributed by atoms with Crippen molar-refractivity contribution in [2.75, 3.05) is 6.54 Å². The highest BCUT2D eigenvalue weighted by Gasteiger charge is 2.39. The Kier molecular flexibility index (Phi) is 4.03. The summed E-state index contributed by atoms with van der Waals surface area (Å²) in [5, 5.41) is 0. The second-order valence-corrected chi connectivity index (χ2v) is 6.20. The highest BCUT2D eigenvalue weighted by molar-refractivity contribution is 5.96. The second-order valence-electron chi connectivity index (χ2n) is 6.20. The number of carbonyl (C=O) groups is 1. The number of ketones is 1. The Hall–Kier alpha value is -2.07. The molecule has 1 fully saturated rings. The first kappa shape index (κ1) is 14.9. The lowest BCUT2D eigenvalue weighted by Crippen LogP contribution is -2.37. The minimum absolute atomic E-state index is 0.00403. The van der Waals surface area contributed by atoms with Gasteiger partial charge in [0, 0.05) is 24.2 Å². The van der Waals surface area contributed by atoms with Crippen molar-refractivity contribution in [1.29, 1.82) is 0 Å². The summed E-state index contributed by atoms with van der Waals surface area (Å²) in [4.78, 5) is 20.3. The third kappa shape index (κ3) is 2.79. The fourth-order valence-electron chi connectivity index (χ4n) is 3.16. The number of aromatic nitrogens is 2. The van der Waals surface area contributed by atoms with Gasteiger partial charge in [0.05, 0.1) is 12.1 Å². The van der Waals surface area contributed by atoms with Crippen LogP contribution in [0.5, 0.6) is 0 Å². The zero-order valence-corrected chi connectivity index (χ0v) is 12.9. The predicted octanol–water partition coefficient (Wildman–Crippen LogP) is 2.59. The average molecular weight is 295 g/mol. The van der Waals surface area contributed by atoms with E-state index in [9.17, 15) is 4.79 Å². The van der Waals surface area contributed by atoms with Gasteiger partial charge in [0.2, 0.25) is 0 Å². The molecule has 1 aromatic carbocycles. The molecule has 1 aromatic heterocycles. The molecular weight excluding hydrogens is 274 g/mol. The van der Waals surface area contributed by atoms with Crippen molar-refractivity contribution in [1.82, 2.24) is 9.97 Å². The fourth-order valence-corrected chi connectivity index (χ4v) is 3.16. The molecule has 4 nitrogen and oxygen atoms in total. The molecule has 3 rings (SSSR count). The first-order valence-electron chi connectivity index (χ1n) is 7.74. The number of benzene rings is 1. The lowest BCUT2D eigenvalue weighted by Gasteiger charge is -2.42. The molecule has 22 heavy (non-hydrogen) atoms. The first-order chi connectivity index (χ1) is 10.6. The number of aryl methyl sites for hydroxylation is 1. The lowest BCUT2D eigenvalue weighted by molar-refractivity contribution is 0.100. The first-order valence-corrected chi connectivity index (χ1v) is 7.74. The Morgan fingerprint density at radius 2 is 2.00 bits per heavy atom. The van der Waals surface area contributed by atoms with Gasteiger partial charge in [-0.05, 0) is 25.3 Å². The van der Waals surface area contributed by atoms with E-state index >= 15 is 0 Å². The maximum Gasteiger partial charge on any atom is 0.179 e. The molecule has 114 valence electrons. The molecule has 1 aliphatic carbocycles. The summed E-state index contributed by atoms with van der Waals surface area (Å²) in [6.45, 7) is 2.12. The highest BCUT2D eigenvalue weighted by atomic mass is 16.1. The van der Waals surface area contributed by atoms with Gasteiger partial charge < -0.3 is 5.73 Å². The molecule has 0 unspecified atom stereocenters. The maximum absolute atomic E-state index is 11.5. The van der Waals surface area contributed by atoms with Gasteiger partial charge in [-0.15, -0.1) is 0 Å². The topological polar surface area (TPSA) is 68.9 Å². The summed E-state index contributed by atoms with van der Waals surface area (Å²) in [6, 6.07) is 8.72. The van der Waals surface area contributed by atoms with Crippen LogP contribution in [-0.2, 0) is 11.8 Å². The van der Waals surface area contributed by atoms with E-state index in [1.807, 2.05) is 0 Å². The molecule has 2 N–H and O–H groups in total. The SMILES string of the molecule is Cc1cccc(C2(Cc3ncc(C(=O)CN)cn3)CCC2)c1. The normalized spacial score (nSPS) is 16.1. The van der Waals surface area contributed by atoms with Crippen molar-refractivity contribution in [3.05, 3.63) is 59.2 Å². The number of hydrogen-bond acceptors (Lipinski definition) is 4. The van der Waals surface area contributed by atoms with Crippen LogP contribution < -0.4 is 5.73 Å². The third-order valence-corrected chi connectivity index (χ3v) is 4.65. The zero-order valence-electron chi connectivity index (χ0n) is 12.9. The highest BCUT2D eigenvalue weighted by Crippen LogP contribution is 2.45. The van der Waals surface area contributed by atoms with Crippen LogP contribution in [0.4, 0.5) is 0 Å². The smallest absolute Gasteiger partial charge is 0.179 e. The van der Waals surface area contributed by atoms with Crippen LogP contribution in [0.15, 0.2) is 36.7 Å². The molecule has 1 saturated carbocycles. The summed E-state index contributed by atoms with van der Waals surface area (Å²) >= 11 is 0. The predicted molar refractivity (Wildman–Crippen MR) is 85.8 cm³/mol. The van der Waals surface area contributed by atoms with Crippen LogP contribution in [0, 0.1) is 6.92 Å². The summed E-state index contributed by atoms with van der Waals surface area (Å²) < 4.78 is 0. The average Bonchev–Trinajstić information content (AvgIpc) is 2.50. The van der Waals surface area contributed by atoms with Crippen LogP contribution in [0.2, 0.25) is 0 Å². The van der Waals surface area contributed by atoms with Gasteiger partial charge in [0.1, 0.15) is 5.82 Å². The standard InChI is InChI=1S/C18H21N3O/c1-13-4-2-5-15(8-13)18(6-3-7-18)9-17-20-11-14(12-21-17)16(22)10-19/h2,4-5,8,11-12H,3,6-7,9-10,19H2,1H3. The van der Waals surface area contributed by atoms with Crippen molar-refractivity contribution in [2.24, 2.45) is 5.73 Å². The second kappa shape index (κ2) is 5.97. The van der Waals surface area contributed by atoms with Crippen LogP contribution in [-0.4, -0.2) is 22.3 Å². The van der Waals surface area contributed by atoms with Crippen molar-refractivity contribution >= 4 is 5.78 Å². The molecule has 1 aliphatic rings. The number of nitrogens with two attached hydrogens (primary N) is 1. The molecule has 0 amide bonds. The van der Waals surface area contributed by atoms with E-state index < -0.39 is 0 Å². The molecule has 0 radical (unpaired) electrons. The lowest BCUT2D eigenvalue weighted by atomic mass is 9.62. The molecule has 0 aliphatic heterocycles. The summed E-state index contributed by atoms with van der Waals surface area (Å²) in [5.74, 6) is 0.679. The Labute approximate surface area is 130 Å². The fraction of sp³-hybridized carbons (Fsp3) is 0.389. The van der Waals surface area contributed by atoms with Gasteiger partial charge >= 0.3 is 0 Å². The Balaban J connectivity index is 1.82. The van der Waals surface area contributed by atoms with E-state index in [0.29, 0.717) is 5.56 Å². The number of nitrogens with zero attached hydrogens (tertiary/aromatic N) is 2. The molecule has 0 saturated heterocycles. The van der Waals surface area contributed by atoms with E-state index in [-0.39, 0.29) is 17.7 Å². The molecule has 0 bridgehead atoms. The van der Waals surface area contributed by atoms with Crippen LogP contribution in [0.3, 0.4) is 0 Å². The molecule has 0 spiro atoms. The van der Waals surface area contributed by atoms with Crippen molar-refractivity contribution in [3.63, 3.8) is 0 Å². The van der Waals surface area contributed by atoms with Crippen LogP contribution in [0.1, 0.15) is 46.6 Å². The van der Waals surface area contributed by atoms with Crippen molar-refractivity contribution in [3.8, 4) is 0 Å². The summed E-state index contributed by atoms with van der Waals surface area (Å²) in [7, 11) is 0. The number of rotatable bonds is 5. The molecule has 2 aromatic rings. The summed E-state index contributed by atoms with van der Waals surface area (Å²) in [6.07, 6.45) is 7.61. The molecular formula is C18H21N3O.